The summed E-state index contributed by atoms with van der Waals surface area (Å²) >= 11 is 0. The van der Waals surface area contributed by atoms with Gasteiger partial charge in [0.25, 0.3) is 0 Å². The average molecular weight is 239 g/mol. The summed E-state index contributed by atoms with van der Waals surface area (Å²) in [6.07, 6.45) is 1.58. The SMILES string of the molecule is CC(C)(C)OC(=O)On1cnc2c1CCNC2. The van der Waals surface area contributed by atoms with Crippen molar-refractivity contribution in [1.82, 2.24) is 15.0 Å². The molecule has 0 atom stereocenters. The lowest BCUT2D eigenvalue weighted by Crippen LogP contribution is -2.32. The van der Waals surface area contributed by atoms with E-state index in [0.29, 0.717) is 6.54 Å². The summed E-state index contributed by atoms with van der Waals surface area (Å²) in [7, 11) is 0. The van der Waals surface area contributed by atoms with E-state index < -0.39 is 11.8 Å². The van der Waals surface area contributed by atoms with Gasteiger partial charge in [0.05, 0.1) is 11.4 Å². The van der Waals surface area contributed by atoms with Gasteiger partial charge in [0, 0.05) is 19.5 Å². The van der Waals surface area contributed by atoms with Gasteiger partial charge < -0.3 is 14.9 Å². The van der Waals surface area contributed by atoms with Gasteiger partial charge in [-0.1, -0.05) is 0 Å². The molecule has 1 N–H and O–H groups in total. The van der Waals surface area contributed by atoms with E-state index >= 15 is 0 Å². The van der Waals surface area contributed by atoms with Gasteiger partial charge in [0.15, 0.2) is 0 Å². The van der Waals surface area contributed by atoms with E-state index in [9.17, 15) is 4.79 Å². The second-order valence-corrected chi connectivity index (χ2v) is 4.95. The van der Waals surface area contributed by atoms with Crippen molar-refractivity contribution in [3.05, 3.63) is 17.7 Å². The topological polar surface area (TPSA) is 65.4 Å². The average Bonchev–Trinajstić information content (AvgIpc) is 2.59. The van der Waals surface area contributed by atoms with Crippen LogP contribution in [0.1, 0.15) is 32.2 Å². The first-order valence-electron chi connectivity index (χ1n) is 5.63. The number of ether oxygens (including phenoxy) is 1. The summed E-state index contributed by atoms with van der Waals surface area (Å²) in [6.45, 7) is 6.95. The zero-order valence-corrected chi connectivity index (χ0v) is 10.3. The van der Waals surface area contributed by atoms with E-state index in [1.54, 1.807) is 20.8 Å². The molecule has 1 aromatic rings. The van der Waals surface area contributed by atoms with Crippen molar-refractivity contribution in [3.8, 4) is 0 Å². The highest BCUT2D eigenvalue weighted by atomic mass is 16.8. The maximum atomic E-state index is 11.5. The van der Waals surface area contributed by atoms with E-state index in [0.717, 1.165) is 24.4 Å². The normalized spacial score (nSPS) is 15.2. The zero-order valence-electron chi connectivity index (χ0n) is 10.3. The Hall–Kier alpha value is -1.56. The first-order chi connectivity index (χ1) is 7.96. The molecule has 2 heterocycles. The molecular formula is C11H17N3O3. The molecule has 0 unspecified atom stereocenters. The Morgan fingerprint density at radius 1 is 1.53 bits per heavy atom. The molecule has 0 saturated carbocycles. The maximum absolute atomic E-state index is 11.5. The molecule has 0 amide bonds. The highest BCUT2D eigenvalue weighted by Gasteiger charge is 2.21. The van der Waals surface area contributed by atoms with Crippen molar-refractivity contribution in [1.29, 1.82) is 0 Å². The Balaban J connectivity index is 2.04. The first kappa shape index (κ1) is 11.9. The lowest BCUT2D eigenvalue weighted by atomic mass is 10.2. The van der Waals surface area contributed by atoms with Crippen molar-refractivity contribution in [2.24, 2.45) is 0 Å². The molecule has 0 fully saturated rings. The van der Waals surface area contributed by atoms with Crippen molar-refractivity contribution in [2.45, 2.75) is 39.3 Å². The van der Waals surface area contributed by atoms with Gasteiger partial charge in [-0.3, -0.25) is 0 Å². The Kier molecular flexibility index (Phi) is 3.06. The minimum Gasteiger partial charge on any atom is -0.427 e. The molecule has 2 rings (SSSR count). The van der Waals surface area contributed by atoms with Crippen LogP contribution < -0.4 is 10.2 Å². The molecule has 6 heteroatoms. The monoisotopic (exact) mass is 239 g/mol. The smallest absolute Gasteiger partial charge is 0.427 e. The third kappa shape index (κ3) is 2.97. The lowest BCUT2D eigenvalue weighted by molar-refractivity contribution is -0.0123. The van der Waals surface area contributed by atoms with Gasteiger partial charge in [-0.15, -0.1) is 0 Å². The van der Waals surface area contributed by atoms with E-state index in [-0.39, 0.29) is 0 Å². The van der Waals surface area contributed by atoms with Gasteiger partial charge in [-0.25, -0.2) is 9.78 Å². The van der Waals surface area contributed by atoms with Crippen molar-refractivity contribution in [3.63, 3.8) is 0 Å². The molecule has 0 saturated heterocycles. The zero-order chi connectivity index (χ0) is 12.5. The Morgan fingerprint density at radius 2 is 2.29 bits per heavy atom. The number of hydrogen-bond donors (Lipinski definition) is 1. The van der Waals surface area contributed by atoms with Gasteiger partial charge in [0.1, 0.15) is 11.9 Å². The number of fused-ring (bicyclic) bond motifs is 1. The van der Waals surface area contributed by atoms with E-state index in [2.05, 4.69) is 10.3 Å². The number of hydrogen-bond acceptors (Lipinski definition) is 5. The molecule has 0 radical (unpaired) electrons. The number of carbonyl (C=O) groups excluding carboxylic acids is 1. The molecular weight excluding hydrogens is 222 g/mol. The molecule has 1 aliphatic rings. The van der Waals surface area contributed by atoms with Crippen LogP contribution in [0.4, 0.5) is 4.79 Å². The summed E-state index contributed by atoms with van der Waals surface area (Å²) in [5.74, 6) is 0. The second kappa shape index (κ2) is 4.37. The molecule has 1 aromatic heterocycles. The van der Waals surface area contributed by atoms with Crippen molar-refractivity contribution in [2.75, 3.05) is 6.54 Å². The van der Waals surface area contributed by atoms with Crippen LogP contribution in [0, 0.1) is 0 Å². The maximum Gasteiger partial charge on any atom is 0.534 e. The molecule has 1 aliphatic heterocycles. The summed E-state index contributed by atoms with van der Waals surface area (Å²) in [4.78, 5) is 20.8. The number of rotatable bonds is 1. The molecule has 6 nitrogen and oxygen atoms in total. The van der Waals surface area contributed by atoms with Gasteiger partial charge in [0.2, 0.25) is 0 Å². The Labute approximate surface area is 99.9 Å². The van der Waals surface area contributed by atoms with Crippen molar-refractivity contribution >= 4 is 6.16 Å². The highest BCUT2D eigenvalue weighted by molar-refractivity contribution is 5.60. The van der Waals surface area contributed by atoms with Crippen LogP contribution in [0.25, 0.3) is 0 Å². The third-order valence-electron chi connectivity index (χ3n) is 2.31. The highest BCUT2D eigenvalue weighted by Crippen LogP contribution is 2.12. The molecule has 17 heavy (non-hydrogen) atoms. The minimum absolute atomic E-state index is 0.556. The first-order valence-corrected chi connectivity index (χ1v) is 5.63. The van der Waals surface area contributed by atoms with Crippen LogP contribution in [0.15, 0.2) is 6.33 Å². The fourth-order valence-electron chi connectivity index (χ4n) is 1.64. The van der Waals surface area contributed by atoms with E-state index in [1.165, 1.54) is 11.1 Å². The van der Waals surface area contributed by atoms with Gasteiger partial charge in [-0.2, -0.15) is 4.73 Å². The Morgan fingerprint density at radius 3 is 3.00 bits per heavy atom. The largest absolute Gasteiger partial charge is 0.534 e. The van der Waals surface area contributed by atoms with Crippen LogP contribution in [0.5, 0.6) is 0 Å². The van der Waals surface area contributed by atoms with Crippen LogP contribution in [0.3, 0.4) is 0 Å². The molecule has 0 bridgehead atoms. The van der Waals surface area contributed by atoms with Crippen LogP contribution in [0.2, 0.25) is 0 Å². The van der Waals surface area contributed by atoms with Crippen LogP contribution in [-0.2, 0) is 17.7 Å². The van der Waals surface area contributed by atoms with Crippen LogP contribution >= 0.6 is 0 Å². The standard InChI is InChI=1S/C11H17N3O3/c1-11(2,3)16-10(15)17-14-7-13-8-6-12-5-4-9(8)14/h7,12H,4-6H2,1-3H3. The number of aromatic nitrogens is 2. The number of imidazole rings is 1. The molecule has 94 valence electrons. The minimum atomic E-state index is -0.712. The summed E-state index contributed by atoms with van der Waals surface area (Å²) in [6, 6.07) is 0. The summed E-state index contributed by atoms with van der Waals surface area (Å²) < 4.78 is 6.47. The fraction of sp³-hybridized carbons (Fsp3) is 0.636. The molecule has 0 spiro atoms. The third-order valence-corrected chi connectivity index (χ3v) is 2.31. The quantitative estimate of drug-likeness (QED) is 0.737. The van der Waals surface area contributed by atoms with E-state index in [1.807, 2.05) is 0 Å². The molecule has 0 aromatic carbocycles. The van der Waals surface area contributed by atoms with E-state index in [4.69, 9.17) is 9.57 Å². The lowest BCUT2D eigenvalue weighted by Gasteiger charge is -2.19. The fourth-order valence-corrected chi connectivity index (χ4v) is 1.64. The predicted octanol–water partition coefficient (Wildman–Crippen LogP) is 0.892. The van der Waals surface area contributed by atoms with Gasteiger partial charge in [-0.05, 0) is 20.8 Å². The number of nitrogens with one attached hydrogen (secondary N) is 1. The van der Waals surface area contributed by atoms with Crippen LogP contribution in [-0.4, -0.2) is 28.0 Å². The van der Waals surface area contributed by atoms with Gasteiger partial charge >= 0.3 is 6.16 Å². The molecule has 0 aliphatic carbocycles. The second-order valence-electron chi connectivity index (χ2n) is 4.95. The summed E-state index contributed by atoms with van der Waals surface area (Å²) in [5.41, 5.74) is 1.29. The predicted molar refractivity (Wildman–Crippen MR) is 60.5 cm³/mol. The Bertz CT molecular complexity index is 420. The number of carbonyl (C=O) groups is 1. The number of nitrogens with zero attached hydrogens (tertiary/aromatic N) is 2. The van der Waals surface area contributed by atoms with Crippen molar-refractivity contribution < 1.29 is 14.4 Å². The summed E-state index contributed by atoms with van der Waals surface area (Å²) in [5, 5.41) is 3.20.